The first-order valence-electron chi connectivity index (χ1n) is 27.7. The topological polar surface area (TPSA) is 68.3 Å². The van der Waals surface area contributed by atoms with Crippen molar-refractivity contribution >= 4 is 56.4 Å². The molecule has 396 valence electrons. The lowest BCUT2D eigenvalue weighted by molar-refractivity contribution is 0.122. The maximum atomic E-state index is 14.6. The maximum Gasteiger partial charge on any atom is 0.178 e. The molecule has 4 saturated heterocycles. The Morgan fingerprint density at radius 2 is 0.744 bits per heavy atom. The van der Waals surface area contributed by atoms with Crippen LogP contribution in [0.15, 0.2) is 170 Å². The van der Waals surface area contributed by atoms with Gasteiger partial charge >= 0.3 is 0 Å². The van der Waals surface area contributed by atoms with Crippen LogP contribution in [0.1, 0.15) is 38.9 Å². The number of halogens is 1. The van der Waals surface area contributed by atoms with Crippen LogP contribution in [0.25, 0.3) is 33.7 Å². The Kier molecular flexibility index (Phi) is 13.8. The van der Waals surface area contributed by atoms with Gasteiger partial charge < -0.3 is 48.0 Å². The predicted molar refractivity (Wildman–Crippen MR) is 311 cm³/mol. The van der Waals surface area contributed by atoms with Crippen molar-refractivity contribution in [1.29, 1.82) is 0 Å². The number of rotatable bonds is 8. The van der Waals surface area contributed by atoms with E-state index in [2.05, 4.69) is 184 Å². The van der Waals surface area contributed by atoms with Crippen LogP contribution in [0.3, 0.4) is 0 Å². The van der Waals surface area contributed by atoms with E-state index in [1.807, 2.05) is 6.07 Å². The zero-order chi connectivity index (χ0) is 52.5. The van der Waals surface area contributed by atoms with Gasteiger partial charge in [0.2, 0.25) is 0 Å². The zero-order valence-corrected chi connectivity index (χ0v) is 44.3. The highest BCUT2D eigenvalue weighted by Crippen LogP contribution is 2.49. The van der Waals surface area contributed by atoms with Gasteiger partial charge in [-0.3, -0.25) is 0 Å². The van der Waals surface area contributed by atoms with E-state index in [0.717, 1.165) is 154 Å². The first-order chi connectivity index (χ1) is 38.4. The molecule has 10 nitrogen and oxygen atoms in total. The third-order valence-corrected chi connectivity index (χ3v) is 16.3. The number of hydrogen-bond acceptors (Lipinski definition) is 10. The van der Waals surface area contributed by atoms with Crippen molar-refractivity contribution in [1.82, 2.24) is 0 Å². The lowest BCUT2D eigenvalue weighted by Crippen LogP contribution is -2.37. The van der Waals surface area contributed by atoms with Gasteiger partial charge in [-0.25, -0.2) is 4.39 Å². The molecule has 6 heterocycles. The number of aryl methyl sites for hydroxylation is 1. The van der Waals surface area contributed by atoms with Crippen LogP contribution in [-0.2, 0) is 30.1 Å². The van der Waals surface area contributed by atoms with Crippen LogP contribution in [0.5, 0.6) is 11.5 Å². The van der Waals surface area contributed by atoms with Gasteiger partial charge in [0.25, 0.3) is 0 Å². The minimum Gasteiger partial charge on any atom is -0.473 e. The van der Waals surface area contributed by atoms with Gasteiger partial charge in [0.05, 0.1) is 52.9 Å². The number of fused-ring (bicyclic) bond motifs is 6. The molecule has 0 aliphatic carbocycles. The smallest absolute Gasteiger partial charge is 0.178 e. The molecule has 0 radical (unpaired) electrons. The van der Waals surface area contributed by atoms with Gasteiger partial charge in [0.1, 0.15) is 17.3 Å². The first kappa shape index (κ1) is 49.9. The fourth-order valence-electron chi connectivity index (χ4n) is 12.1. The normalized spacial score (nSPS) is 21.1. The van der Waals surface area contributed by atoms with E-state index in [0.29, 0.717) is 13.2 Å². The monoisotopic (exact) mass is 1040 g/mol. The molecule has 0 spiro atoms. The molecule has 78 heavy (non-hydrogen) atoms. The van der Waals surface area contributed by atoms with Crippen LogP contribution >= 0.6 is 0 Å². The van der Waals surface area contributed by atoms with E-state index < -0.39 is 11.2 Å². The molecule has 8 aromatic rings. The van der Waals surface area contributed by atoms with Crippen molar-refractivity contribution in [3.05, 3.63) is 215 Å². The largest absolute Gasteiger partial charge is 0.473 e. The molecular formula is C67H65FN4O6. The molecule has 2 unspecified atom stereocenters. The van der Waals surface area contributed by atoms with Crippen LogP contribution < -0.4 is 29.1 Å². The van der Waals surface area contributed by atoms with Gasteiger partial charge in [0, 0.05) is 131 Å². The van der Waals surface area contributed by atoms with Crippen molar-refractivity contribution in [3.63, 3.8) is 0 Å². The molecule has 6 aliphatic rings. The minimum absolute atomic E-state index is 0.285. The Balaban J connectivity index is 0.000000148. The van der Waals surface area contributed by atoms with Crippen LogP contribution in [0, 0.1) is 12.7 Å². The average molecular weight is 1040 g/mol. The highest BCUT2D eigenvalue weighted by molar-refractivity contribution is 6.03. The Bertz CT molecular complexity index is 3490. The van der Waals surface area contributed by atoms with E-state index in [9.17, 15) is 4.39 Å². The Morgan fingerprint density at radius 1 is 0.372 bits per heavy atom. The Morgan fingerprint density at radius 3 is 1.15 bits per heavy atom. The number of anilines is 4. The number of morpholine rings is 4. The Hall–Kier alpha value is -7.67. The highest BCUT2D eigenvalue weighted by atomic mass is 19.1. The van der Waals surface area contributed by atoms with E-state index in [1.54, 1.807) is 12.1 Å². The summed E-state index contributed by atoms with van der Waals surface area (Å²) in [5.41, 5.74) is 10.4. The standard InChI is InChI=1S/C34H34N2O3.C33H31FN2O3/c1-25-6-8-26(9-7-25)34(27-10-12-28(13-11-27)35-16-20-37-21-17-35)15-14-31-29-4-2-3-5-30(29)32(24-33(31)39-34)36-18-22-38-23-19-36;34-26-5-3-4-25(22-26)33(24-8-10-27(11-9-24)35-14-18-37-19-15-35)13-12-30-28-6-1-2-7-29(28)31(23-32(30)39-33)36-16-20-38-21-17-36/h2-15,24H,16-23H2,1H3;1-13,22-23H,14-21H2. The van der Waals surface area contributed by atoms with E-state index in [-0.39, 0.29) is 5.82 Å². The summed E-state index contributed by atoms with van der Waals surface area (Å²) in [6, 6.07) is 54.4. The molecule has 8 aromatic carbocycles. The van der Waals surface area contributed by atoms with E-state index >= 15 is 0 Å². The second-order valence-corrected chi connectivity index (χ2v) is 20.9. The number of ether oxygens (including phenoxy) is 6. The molecule has 11 heteroatoms. The van der Waals surface area contributed by atoms with Gasteiger partial charge in [-0.2, -0.15) is 0 Å². The lowest BCUT2D eigenvalue weighted by Gasteiger charge is -2.38. The van der Waals surface area contributed by atoms with Crippen LogP contribution in [-0.4, -0.2) is 105 Å². The summed E-state index contributed by atoms with van der Waals surface area (Å²) < 4.78 is 51.2. The third kappa shape index (κ3) is 9.53. The maximum absolute atomic E-state index is 14.6. The molecule has 4 fully saturated rings. The molecule has 0 saturated carbocycles. The average Bonchev–Trinajstić information content (AvgIpc) is 3.70. The van der Waals surface area contributed by atoms with Crippen molar-refractivity contribution in [2.75, 3.05) is 125 Å². The first-order valence-corrected chi connectivity index (χ1v) is 27.7. The summed E-state index contributed by atoms with van der Waals surface area (Å²) in [7, 11) is 0. The van der Waals surface area contributed by atoms with Gasteiger partial charge in [-0.1, -0.05) is 115 Å². The second-order valence-electron chi connectivity index (χ2n) is 20.9. The summed E-state index contributed by atoms with van der Waals surface area (Å²) in [5, 5.41) is 4.81. The fourth-order valence-corrected chi connectivity index (χ4v) is 12.1. The van der Waals surface area contributed by atoms with E-state index in [4.69, 9.17) is 28.4 Å². The van der Waals surface area contributed by atoms with E-state index in [1.165, 1.54) is 39.2 Å². The lowest BCUT2D eigenvalue weighted by atomic mass is 9.82. The molecule has 0 bridgehead atoms. The van der Waals surface area contributed by atoms with Crippen molar-refractivity contribution in [3.8, 4) is 11.5 Å². The molecule has 0 N–H and O–H groups in total. The summed E-state index contributed by atoms with van der Waals surface area (Å²) >= 11 is 0. The highest BCUT2D eigenvalue weighted by Gasteiger charge is 2.40. The van der Waals surface area contributed by atoms with Gasteiger partial charge in [0.15, 0.2) is 11.2 Å². The quantitative estimate of drug-likeness (QED) is 0.147. The molecular weight excluding hydrogens is 976 g/mol. The summed E-state index contributed by atoms with van der Waals surface area (Å²) in [5.74, 6) is 1.42. The third-order valence-electron chi connectivity index (χ3n) is 16.3. The summed E-state index contributed by atoms with van der Waals surface area (Å²) in [6.45, 7) is 15.0. The van der Waals surface area contributed by atoms with Crippen molar-refractivity contribution in [2.24, 2.45) is 0 Å². The molecule has 2 atom stereocenters. The minimum atomic E-state index is -0.969. The molecule has 0 amide bonds. The molecule has 0 aromatic heterocycles. The van der Waals surface area contributed by atoms with Crippen LogP contribution in [0.2, 0.25) is 0 Å². The molecule has 14 rings (SSSR count). The van der Waals surface area contributed by atoms with Crippen molar-refractivity contribution < 1.29 is 32.8 Å². The number of hydrogen-bond donors (Lipinski definition) is 0. The van der Waals surface area contributed by atoms with Crippen LogP contribution in [0.4, 0.5) is 27.1 Å². The number of benzene rings is 8. The zero-order valence-electron chi connectivity index (χ0n) is 44.3. The predicted octanol–water partition coefficient (Wildman–Crippen LogP) is 12.2. The van der Waals surface area contributed by atoms with Crippen molar-refractivity contribution in [2.45, 2.75) is 18.1 Å². The summed E-state index contributed by atoms with van der Waals surface area (Å²) in [6.07, 6.45) is 8.73. The SMILES string of the molecule is Cc1ccc(C2(c3ccc(N4CCOCC4)cc3)C=Cc3c(cc(N4CCOCC4)c4ccccc34)O2)cc1.Fc1cccc(C2(c3ccc(N4CCOCC4)cc3)C=Cc3c(cc(N4CCOCC4)c4ccccc34)O2)c1. The second kappa shape index (κ2) is 21.6. The fraction of sp³-hybridized carbons (Fsp3) is 0.284. The number of nitrogens with zero attached hydrogens (tertiary/aromatic N) is 4. The van der Waals surface area contributed by atoms with Gasteiger partial charge in [-0.05, 0) is 78.4 Å². The molecule has 6 aliphatic heterocycles. The van der Waals surface area contributed by atoms with Gasteiger partial charge in [-0.15, -0.1) is 0 Å². The summed E-state index contributed by atoms with van der Waals surface area (Å²) in [4.78, 5) is 9.52. The Labute approximate surface area is 456 Å².